The van der Waals surface area contributed by atoms with Crippen molar-refractivity contribution in [2.24, 2.45) is 0 Å². The van der Waals surface area contributed by atoms with E-state index in [4.69, 9.17) is 16.1 Å². The number of nitrogens with zero attached hydrogens (tertiary/aromatic N) is 4. The van der Waals surface area contributed by atoms with Crippen LogP contribution in [-0.4, -0.2) is 48.3 Å². The lowest BCUT2D eigenvalue weighted by atomic mass is 10.3. The summed E-state index contributed by atoms with van der Waals surface area (Å²) < 4.78 is 4.95. The second-order valence-electron chi connectivity index (χ2n) is 3.41. The quantitative estimate of drug-likeness (QED) is 0.676. The Morgan fingerprint density at radius 3 is 2.64 bits per heavy atom. The van der Waals surface area contributed by atoms with E-state index in [0.29, 0.717) is 11.8 Å². The van der Waals surface area contributed by atoms with Crippen LogP contribution in [0.4, 0.5) is 5.95 Å². The molecule has 0 aliphatic carbocycles. The number of alkyl halides is 1. The average Bonchev–Trinajstić information content (AvgIpc) is 2.67. The summed E-state index contributed by atoms with van der Waals surface area (Å²) >= 11 is 5.58. The molecule has 1 aliphatic rings. The van der Waals surface area contributed by atoms with Crippen molar-refractivity contribution in [3.05, 3.63) is 5.89 Å². The Bertz CT molecular complexity index is 295. The molecule has 1 saturated heterocycles. The van der Waals surface area contributed by atoms with Gasteiger partial charge < -0.3 is 14.3 Å². The monoisotopic (exact) mass is 216 g/mol. The minimum Gasteiger partial charge on any atom is -0.336 e. The van der Waals surface area contributed by atoms with Crippen molar-refractivity contribution in [3.8, 4) is 0 Å². The Kier molecular flexibility index (Phi) is 2.88. The molecule has 0 radical (unpaired) electrons. The van der Waals surface area contributed by atoms with E-state index in [0.717, 1.165) is 26.2 Å². The van der Waals surface area contributed by atoms with Gasteiger partial charge in [-0.05, 0) is 12.2 Å². The summed E-state index contributed by atoms with van der Waals surface area (Å²) in [5.74, 6) is 1.43. The smallest absolute Gasteiger partial charge is 0.266 e. The van der Waals surface area contributed by atoms with Crippen molar-refractivity contribution in [3.63, 3.8) is 0 Å². The topological polar surface area (TPSA) is 45.4 Å². The summed E-state index contributed by atoms with van der Waals surface area (Å²) in [6.45, 7) is 3.95. The average molecular weight is 217 g/mol. The van der Waals surface area contributed by atoms with Gasteiger partial charge in [0.1, 0.15) is 5.88 Å². The van der Waals surface area contributed by atoms with Crippen molar-refractivity contribution >= 4 is 17.5 Å². The van der Waals surface area contributed by atoms with Crippen LogP contribution in [0.15, 0.2) is 4.52 Å². The van der Waals surface area contributed by atoms with Gasteiger partial charge in [-0.15, -0.1) is 11.6 Å². The lowest BCUT2D eigenvalue weighted by Gasteiger charge is -2.31. The highest BCUT2D eigenvalue weighted by atomic mass is 35.5. The van der Waals surface area contributed by atoms with E-state index in [-0.39, 0.29) is 5.88 Å². The molecule has 14 heavy (non-hydrogen) atoms. The molecule has 0 N–H and O–H groups in total. The van der Waals surface area contributed by atoms with Gasteiger partial charge in [-0.3, -0.25) is 0 Å². The van der Waals surface area contributed by atoms with Crippen molar-refractivity contribution in [1.29, 1.82) is 0 Å². The van der Waals surface area contributed by atoms with Crippen LogP contribution in [0, 0.1) is 0 Å². The highest BCUT2D eigenvalue weighted by molar-refractivity contribution is 6.16. The van der Waals surface area contributed by atoms with E-state index in [1.165, 1.54) is 0 Å². The van der Waals surface area contributed by atoms with Crippen molar-refractivity contribution in [2.75, 3.05) is 38.1 Å². The summed E-state index contributed by atoms with van der Waals surface area (Å²) in [5, 5.41) is 3.87. The minimum absolute atomic E-state index is 0.279. The van der Waals surface area contributed by atoms with E-state index >= 15 is 0 Å². The van der Waals surface area contributed by atoms with Gasteiger partial charge >= 0.3 is 0 Å². The summed E-state index contributed by atoms with van der Waals surface area (Å²) in [4.78, 5) is 8.56. The fourth-order valence-electron chi connectivity index (χ4n) is 1.44. The molecule has 2 rings (SSSR count). The maximum Gasteiger partial charge on any atom is 0.266 e. The molecule has 0 aromatic carbocycles. The Morgan fingerprint density at radius 2 is 2.07 bits per heavy atom. The Hall–Kier alpha value is -0.810. The molecule has 5 nitrogen and oxygen atoms in total. The third-order valence-electron chi connectivity index (χ3n) is 2.36. The number of hydrogen-bond donors (Lipinski definition) is 0. The zero-order chi connectivity index (χ0) is 9.97. The van der Waals surface area contributed by atoms with Gasteiger partial charge in [0.2, 0.25) is 5.89 Å². The molecule has 2 heterocycles. The first-order chi connectivity index (χ1) is 6.79. The molecule has 0 saturated carbocycles. The number of anilines is 1. The molecule has 0 bridgehead atoms. The molecule has 0 unspecified atom stereocenters. The maximum absolute atomic E-state index is 5.58. The first-order valence-corrected chi connectivity index (χ1v) is 5.15. The molecule has 1 fully saturated rings. The summed E-state index contributed by atoms with van der Waals surface area (Å²) in [6.07, 6.45) is 0. The molecule has 78 valence electrons. The summed E-state index contributed by atoms with van der Waals surface area (Å²) in [6, 6.07) is 0. The first kappa shape index (κ1) is 9.73. The molecule has 6 heteroatoms. The van der Waals surface area contributed by atoms with E-state index in [1.54, 1.807) is 0 Å². The first-order valence-electron chi connectivity index (χ1n) is 4.61. The van der Waals surface area contributed by atoms with Gasteiger partial charge in [-0.1, -0.05) is 0 Å². The van der Waals surface area contributed by atoms with E-state index in [9.17, 15) is 0 Å². The molecule has 1 aromatic heterocycles. The highest BCUT2D eigenvalue weighted by Crippen LogP contribution is 2.12. The second kappa shape index (κ2) is 4.14. The van der Waals surface area contributed by atoms with E-state index in [1.807, 2.05) is 0 Å². The van der Waals surface area contributed by atoms with Gasteiger partial charge in [0, 0.05) is 26.2 Å². The Balaban J connectivity index is 2.01. The lowest BCUT2D eigenvalue weighted by Crippen LogP contribution is -2.44. The van der Waals surface area contributed by atoms with Crippen molar-refractivity contribution in [2.45, 2.75) is 5.88 Å². The van der Waals surface area contributed by atoms with Crippen LogP contribution >= 0.6 is 11.6 Å². The van der Waals surface area contributed by atoms with Crippen molar-refractivity contribution in [1.82, 2.24) is 15.0 Å². The number of aromatic nitrogens is 2. The standard InChI is InChI=1S/C8H13ClN4O/c1-12-2-4-13(5-3-12)8-10-7(6-9)14-11-8/h2-6H2,1H3. The van der Waals surface area contributed by atoms with E-state index < -0.39 is 0 Å². The van der Waals surface area contributed by atoms with Gasteiger partial charge in [0.05, 0.1) is 0 Å². The maximum atomic E-state index is 5.58. The van der Waals surface area contributed by atoms with Crippen molar-refractivity contribution < 1.29 is 4.52 Å². The number of hydrogen-bond acceptors (Lipinski definition) is 5. The molecular formula is C8H13ClN4O. The Morgan fingerprint density at radius 1 is 1.36 bits per heavy atom. The fourth-order valence-corrected chi connectivity index (χ4v) is 1.54. The molecular weight excluding hydrogens is 204 g/mol. The zero-order valence-corrected chi connectivity index (χ0v) is 8.87. The van der Waals surface area contributed by atoms with E-state index in [2.05, 4.69) is 27.0 Å². The van der Waals surface area contributed by atoms with Gasteiger partial charge in [0.25, 0.3) is 5.95 Å². The number of likely N-dealkylation sites (N-methyl/N-ethyl adjacent to an activating group) is 1. The zero-order valence-electron chi connectivity index (χ0n) is 8.11. The molecule has 1 aliphatic heterocycles. The molecule has 0 amide bonds. The normalized spacial score (nSPS) is 18.9. The van der Waals surface area contributed by atoms with Crippen LogP contribution in [0.25, 0.3) is 0 Å². The van der Waals surface area contributed by atoms with Crippen LogP contribution in [0.5, 0.6) is 0 Å². The number of piperazine rings is 1. The van der Waals surface area contributed by atoms with Crippen LogP contribution in [0.1, 0.15) is 5.89 Å². The predicted molar refractivity (Wildman–Crippen MR) is 53.6 cm³/mol. The predicted octanol–water partition coefficient (Wildman–Crippen LogP) is 0.560. The SMILES string of the molecule is CN1CCN(c2noc(CCl)n2)CC1. The molecule has 0 spiro atoms. The Labute approximate surface area is 87.6 Å². The minimum atomic E-state index is 0.279. The number of rotatable bonds is 2. The molecule has 0 atom stereocenters. The fraction of sp³-hybridized carbons (Fsp3) is 0.750. The molecule has 1 aromatic rings. The van der Waals surface area contributed by atoms with Crippen LogP contribution in [0.2, 0.25) is 0 Å². The third-order valence-corrected chi connectivity index (χ3v) is 2.59. The third kappa shape index (κ3) is 1.99. The van der Waals surface area contributed by atoms with Gasteiger partial charge in [-0.25, -0.2) is 0 Å². The van der Waals surface area contributed by atoms with Crippen LogP contribution in [-0.2, 0) is 5.88 Å². The van der Waals surface area contributed by atoms with Crippen LogP contribution in [0.3, 0.4) is 0 Å². The number of halogens is 1. The van der Waals surface area contributed by atoms with Crippen LogP contribution < -0.4 is 4.90 Å². The highest BCUT2D eigenvalue weighted by Gasteiger charge is 2.18. The largest absolute Gasteiger partial charge is 0.336 e. The second-order valence-corrected chi connectivity index (χ2v) is 3.68. The summed E-state index contributed by atoms with van der Waals surface area (Å²) in [7, 11) is 2.11. The lowest BCUT2D eigenvalue weighted by molar-refractivity contribution is 0.309. The van der Waals surface area contributed by atoms with Gasteiger partial charge in [-0.2, -0.15) is 4.98 Å². The summed E-state index contributed by atoms with van der Waals surface area (Å²) in [5.41, 5.74) is 0. The van der Waals surface area contributed by atoms with Gasteiger partial charge in [0.15, 0.2) is 0 Å².